The number of hydrogen-bond donors (Lipinski definition) is 1. The monoisotopic (exact) mass is 181 g/mol. The average molecular weight is 181 g/mol. The molecule has 1 aliphatic rings. The second-order valence-electron chi connectivity index (χ2n) is 2.82. The van der Waals surface area contributed by atoms with E-state index in [0.29, 0.717) is 18.9 Å². The summed E-state index contributed by atoms with van der Waals surface area (Å²) in [5.41, 5.74) is 0.620. The molecule has 4 heteroatoms. The zero-order valence-electron chi connectivity index (χ0n) is 7.14. The number of aromatic nitrogens is 1. The van der Waals surface area contributed by atoms with Crippen LogP contribution in [0.15, 0.2) is 24.4 Å². The number of pyridine rings is 1. The van der Waals surface area contributed by atoms with Crippen molar-refractivity contribution in [1.29, 1.82) is 0 Å². The number of nitrogens with zero attached hydrogens (tertiary/aromatic N) is 1. The third-order valence-electron chi connectivity index (χ3n) is 2.02. The lowest BCUT2D eigenvalue weighted by atomic mass is 10.2. The normalized spacial score (nSPS) is 20.4. The fraction of sp³-hybridized carbons (Fsp3) is 0.444. The Morgan fingerprint density at radius 2 is 2.15 bits per heavy atom. The highest BCUT2D eigenvalue weighted by molar-refractivity contribution is 5.11. The molecular weight excluding hydrogens is 170 g/mol. The van der Waals surface area contributed by atoms with E-state index in [1.165, 1.54) is 0 Å². The summed E-state index contributed by atoms with van der Waals surface area (Å²) >= 11 is 0. The third-order valence-corrected chi connectivity index (χ3v) is 2.02. The van der Waals surface area contributed by atoms with Crippen LogP contribution >= 0.6 is 0 Å². The van der Waals surface area contributed by atoms with Gasteiger partial charge in [-0.25, -0.2) is 0 Å². The van der Waals surface area contributed by atoms with Crippen LogP contribution in [0.2, 0.25) is 0 Å². The molecule has 0 unspecified atom stereocenters. The number of hydrogen-bond acceptors (Lipinski definition) is 4. The summed E-state index contributed by atoms with van der Waals surface area (Å²) in [4.78, 5) is 4.09. The minimum Gasteiger partial charge on any atom is -0.390 e. The predicted octanol–water partition coefficient (Wildman–Crippen LogP) is 0.273. The van der Waals surface area contributed by atoms with Gasteiger partial charge in [0.2, 0.25) is 5.79 Å². The van der Waals surface area contributed by atoms with E-state index >= 15 is 0 Å². The maximum atomic E-state index is 9.18. The van der Waals surface area contributed by atoms with Gasteiger partial charge in [-0.05, 0) is 12.1 Å². The van der Waals surface area contributed by atoms with E-state index in [1.807, 2.05) is 12.1 Å². The Labute approximate surface area is 76.1 Å². The van der Waals surface area contributed by atoms with E-state index < -0.39 is 5.79 Å². The van der Waals surface area contributed by atoms with Gasteiger partial charge < -0.3 is 14.6 Å². The van der Waals surface area contributed by atoms with E-state index in [0.717, 1.165) is 0 Å². The highest BCUT2D eigenvalue weighted by atomic mass is 16.7. The molecule has 0 bridgehead atoms. The van der Waals surface area contributed by atoms with Crippen LogP contribution in [0.4, 0.5) is 0 Å². The molecule has 0 aromatic carbocycles. The van der Waals surface area contributed by atoms with Crippen LogP contribution in [-0.2, 0) is 15.3 Å². The van der Waals surface area contributed by atoms with Gasteiger partial charge in [0, 0.05) is 6.20 Å². The van der Waals surface area contributed by atoms with Gasteiger partial charge in [-0.15, -0.1) is 0 Å². The summed E-state index contributed by atoms with van der Waals surface area (Å²) in [5.74, 6) is -1.03. The maximum absolute atomic E-state index is 9.18. The van der Waals surface area contributed by atoms with E-state index in [2.05, 4.69) is 4.98 Å². The lowest BCUT2D eigenvalue weighted by molar-refractivity contribution is -0.193. The smallest absolute Gasteiger partial charge is 0.236 e. The number of aliphatic hydroxyl groups is 1. The van der Waals surface area contributed by atoms with Crippen molar-refractivity contribution in [2.45, 2.75) is 5.79 Å². The topological polar surface area (TPSA) is 51.6 Å². The van der Waals surface area contributed by atoms with Crippen molar-refractivity contribution in [3.05, 3.63) is 30.1 Å². The molecule has 0 radical (unpaired) electrons. The molecule has 1 aromatic rings. The molecule has 0 aliphatic carbocycles. The van der Waals surface area contributed by atoms with Crippen molar-refractivity contribution in [3.63, 3.8) is 0 Å². The molecular formula is C9H11NO3. The number of aliphatic hydroxyl groups excluding tert-OH is 1. The van der Waals surface area contributed by atoms with Crippen LogP contribution in [0.1, 0.15) is 5.69 Å². The molecule has 2 rings (SSSR count). The molecule has 1 aromatic heterocycles. The summed E-state index contributed by atoms with van der Waals surface area (Å²) < 4.78 is 10.7. The molecule has 70 valence electrons. The van der Waals surface area contributed by atoms with Gasteiger partial charge in [0.25, 0.3) is 0 Å². The Morgan fingerprint density at radius 3 is 2.69 bits per heavy atom. The molecule has 0 amide bonds. The molecule has 13 heavy (non-hydrogen) atoms. The van der Waals surface area contributed by atoms with E-state index in [4.69, 9.17) is 9.47 Å². The highest BCUT2D eigenvalue weighted by Gasteiger charge is 2.39. The van der Waals surface area contributed by atoms with Crippen molar-refractivity contribution < 1.29 is 14.6 Å². The molecule has 1 aliphatic heterocycles. The first kappa shape index (κ1) is 8.62. The van der Waals surface area contributed by atoms with E-state index in [9.17, 15) is 5.11 Å². The lowest BCUT2D eigenvalue weighted by Gasteiger charge is -2.23. The molecule has 2 heterocycles. The van der Waals surface area contributed by atoms with Gasteiger partial charge in [-0.2, -0.15) is 0 Å². The molecule has 0 spiro atoms. The lowest BCUT2D eigenvalue weighted by Crippen LogP contribution is -2.32. The van der Waals surface area contributed by atoms with Crippen LogP contribution in [-0.4, -0.2) is 29.9 Å². The SMILES string of the molecule is OCC1(c2ccccn2)OCCO1. The number of rotatable bonds is 2. The Hall–Kier alpha value is -0.970. The summed E-state index contributed by atoms with van der Waals surface area (Å²) in [7, 11) is 0. The number of ether oxygens (including phenoxy) is 2. The van der Waals surface area contributed by atoms with Gasteiger partial charge in [0.1, 0.15) is 12.3 Å². The highest BCUT2D eigenvalue weighted by Crippen LogP contribution is 2.28. The molecule has 1 N–H and O–H groups in total. The van der Waals surface area contributed by atoms with Crippen LogP contribution in [0.25, 0.3) is 0 Å². The van der Waals surface area contributed by atoms with Gasteiger partial charge in [-0.1, -0.05) is 6.07 Å². The Balaban J connectivity index is 2.31. The average Bonchev–Trinajstić information content (AvgIpc) is 2.69. The maximum Gasteiger partial charge on any atom is 0.236 e. The summed E-state index contributed by atoms with van der Waals surface area (Å²) in [6.45, 7) is 0.790. The minimum absolute atomic E-state index is 0.204. The van der Waals surface area contributed by atoms with Crippen molar-refractivity contribution in [3.8, 4) is 0 Å². The summed E-state index contributed by atoms with van der Waals surface area (Å²) in [6.07, 6.45) is 1.65. The van der Waals surface area contributed by atoms with Crippen LogP contribution in [0.3, 0.4) is 0 Å². The van der Waals surface area contributed by atoms with Gasteiger partial charge in [0.15, 0.2) is 0 Å². The predicted molar refractivity (Wildman–Crippen MR) is 44.9 cm³/mol. The van der Waals surface area contributed by atoms with Crippen molar-refractivity contribution in [2.24, 2.45) is 0 Å². The zero-order chi connectivity index (χ0) is 9.15. The van der Waals surface area contributed by atoms with Gasteiger partial charge in [-0.3, -0.25) is 4.98 Å². The molecule has 0 atom stereocenters. The second-order valence-corrected chi connectivity index (χ2v) is 2.82. The molecule has 1 saturated heterocycles. The fourth-order valence-corrected chi connectivity index (χ4v) is 1.36. The Bertz CT molecular complexity index is 269. The van der Waals surface area contributed by atoms with Crippen molar-refractivity contribution in [1.82, 2.24) is 4.98 Å². The minimum atomic E-state index is -1.03. The van der Waals surface area contributed by atoms with E-state index in [1.54, 1.807) is 12.3 Å². The second kappa shape index (κ2) is 3.41. The zero-order valence-corrected chi connectivity index (χ0v) is 7.14. The first-order valence-electron chi connectivity index (χ1n) is 4.18. The standard InChI is InChI=1S/C9H11NO3/c11-7-9(12-5-6-13-9)8-3-1-2-4-10-8/h1-4,11H,5-7H2. The molecule has 1 fully saturated rings. The Morgan fingerprint density at radius 1 is 1.38 bits per heavy atom. The Kier molecular flexibility index (Phi) is 2.26. The largest absolute Gasteiger partial charge is 0.390 e. The van der Waals surface area contributed by atoms with Crippen LogP contribution in [0.5, 0.6) is 0 Å². The van der Waals surface area contributed by atoms with Crippen LogP contribution < -0.4 is 0 Å². The first-order valence-corrected chi connectivity index (χ1v) is 4.18. The summed E-state index contributed by atoms with van der Waals surface area (Å²) in [5, 5.41) is 9.18. The first-order chi connectivity index (χ1) is 6.37. The van der Waals surface area contributed by atoms with E-state index in [-0.39, 0.29) is 6.61 Å². The third kappa shape index (κ3) is 1.44. The van der Waals surface area contributed by atoms with Gasteiger partial charge >= 0.3 is 0 Å². The molecule has 0 saturated carbocycles. The van der Waals surface area contributed by atoms with Crippen molar-refractivity contribution >= 4 is 0 Å². The quantitative estimate of drug-likeness (QED) is 0.711. The summed E-state index contributed by atoms with van der Waals surface area (Å²) in [6, 6.07) is 5.43. The fourth-order valence-electron chi connectivity index (χ4n) is 1.36. The van der Waals surface area contributed by atoms with Crippen molar-refractivity contribution in [2.75, 3.05) is 19.8 Å². The van der Waals surface area contributed by atoms with Gasteiger partial charge in [0.05, 0.1) is 13.2 Å². The van der Waals surface area contributed by atoms with Crippen LogP contribution in [0, 0.1) is 0 Å². The molecule has 4 nitrogen and oxygen atoms in total.